The van der Waals surface area contributed by atoms with Crippen LogP contribution in [-0.2, 0) is 14.4 Å². The molecule has 0 heterocycles. The van der Waals surface area contributed by atoms with Crippen LogP contribution in [0.4, 0.5) is 17.1 Å². The Morgan fingerprint density at radius 2 is 1.64 bits per heavy atom. The molecule has 146 valence electrons. The number of benzene rings is 2. The Morgan fingerprint density at radius 1 is 1.00 bits per heavy atom. The zero-order chi connectivity index (χ0) is 20.3. The first-order chi connectivity index (χ1) is 13.4. The topological polar surface area (TPSA) is 78.5 Å². The van der Waals surface area contributed by atoms with E-state index >= 15 is 0 Å². The summed E-state index contributed by atoms with van der Waals surface area (Å²) in [5.41, 5.74) is 3.27. The quantitative estimate of drug-likeness (QED) is 0.805. The minimum atomic E-state index is -0.304. The van der Waals surface area contributed by atoms with Crippen LogP contribution in [0.5, 0.6) is 0 Å². The molecule has 2 aromatic rings. The SMILES string of the molecule is CCN(C(=O)C1CC1C(=O)Nc1ccc(NC(C)=O)cc1)c1cccc(C)c1. The minimum Gasteiger partial charge on any atom is -0.326 e. The van der Waals surface area contributed by atoms with Gasteiger partial charge in [-0.3, -0.25) is 14.4 Å². The maximum absolute atomic E-state index is 12.9. The maximum atomic E-state index is 12.9. The molecule has 0 aromatic heterocycles. The van der Waals surface area contributed by atoms with Crippen LogP contribution >= 0.6 is 0 Å². The third-order valence-corrected chi connectivity index (χ3v) is 4.81. The summed E-state index contributed by atoms with van der Waals surface area (Å²) >= 11 is 0. The highest BCUT2D eigenvalue weighted by atomic mass is 16.2. The van der Waals surface area contributed by atoms with Crippen molar-refractivity contribution in [3.8, 4) is 0 Å². The Hall–Kier alpha value is -3.15. The molecule has 3 rings (SSSR count). The lowest BCUT2D eigenvalue weighted by Crippen LogP contribution is -2.33. The van der Waals surface area contributed by atoms with Crippen LogP contribution in [0.2, 0.25) is 0 Å². The highest BCUT2D eigenvalue weighted by molar-refractivity contribution is 6.04. The van der Waals surface area contributed by atoms with Crippen LogP contribution in [-0.4, -0.2) is 24.3 Å². The molecular formula is C22H25N3O3. The van der Waals surface area contributed by atoms with E-state index in [1.54, 1.807) is 29.2 Å². The van der Waals surface area contributed by atoms with Gasteiger partial charge in [0.15, 0.2) is 0 Å². The summed E-state index contributed by atoms with van der Waals surface area (Å²) in [4.78, 5) is 38.2. The standard InChI is InChI=1S/C22H25N3O3/c1-4-25(18-7-5-6-14(2)12-18)22(28)20-13-19(20)21(27)24-17-10-8-16(9-11-17)23-15(3)26/h5-12,19-20H,4,13H2,1-3H3,(H,23,26)(H,24,27). The predicted octanol–water partition coefficient (Wildman–Crippen LogP) is 3.58. The molecule has 2 atom stereocenters. The van der Waals surface area contributed by atoms with Gasteiger partial charge < -0.3 is 15.5 Å². The van der Waals surface area contributed by atoms with Crippen molar-refractivity contribution in [2.45, 2.75) is 27.2 Å². The predicted molar refractivity (Wildman–Crippen MR) is 110 cm³/mol. The van der Waals surface area contributed by atoms with Crippen LogP contribution in [0.3, 0.4) is 0 Å². The number of rotatable bonds is 6. The first kappa shape index (κ1) is 19.6. The molecule has 0 bridgehead atoms. The summed E-state index contributed by atoms with van der Waals surface area (Å²) in [6, 6.07) is 14.7. The second-order valence-corrected chi connectivity index (χ2v) is 7.12. The summed E-state index contributed by atoms with van der Waals surface area (Å²) in [6.45, 7) is 5.94. The average Bonchev–Trinajstić information content (AvgIpc) is 3.44. The lowest BCUT2D eigenvalue weighted by Gasteiger charge is -2.21. The number of nitrogens with zero attached hydrogens (tertiary/aromatic N) is 1. The molecule has 6 heteroatoms. The number of carbonyl (C=O) groups is 3. The van der Waals surface area contributed by atoms with Crippen molar-refractivity contribution in [2.75, 3.05) is 22.1 Å². The number of hydrogen-bond donors (Lipinski definition) is 2. The van der Waals surface area contributed by atoms with E-state index in [0.29, 0.717) is 24.3 Å². The maximum Gasteiger partial charge on any atom is 0.230 e. The fourth-order valence-electron chi connectivity index (χ4n) is 3.29. The van der Waals surface area contributed by atoms with E-state index in [1.165, 1.54) is 6.92 Å². The Balaban J connectivity index is 1.60. The molecule has 0 saturated heterocycles. The van der Waals surface area contributed by atoms with Crippen LogP contribution in [0.25, 0.3) is 0 Å². The van der Waals surface area contributed by atoms with Gasteiger partial charge in [0, 0.05) is 30.5 Å². The number of hydrogen-bond acceptors (Lipinski definition) is 3. The molecule has 28 heavy (non-hydrogen) atoms. The van der Waals surface area contributed by atoms with Crippen LogP contribution in [0.15, 0.2) is 48.5 Å². The molecule has 1 fully saturated rings. The van der Waals surface area contributed by atoms with Gasteiger partial charge in [-0.2, -0.15) is 0 Å². The van der Waals surface area contributed by atoms with Gasteiger partial charge in [-0.1, -0.05) is 12.1 Å². The van der Waals surface area contributed by atoms with Crippen molar-refractivity contribution in [1.82, 2.24) is 0 Å². The van der Waals surface area contributed by atoms with E-state index < -0.39 is 0 Å². The van der Waals surface area contributed by atoms with Gasteiger partial charge in [-0.25, -0.2) is 0 Å². The smallest absolute Gasteiger partial charge is 0.230 e. The molecule has 6 nitrogen and oxygen atoms in total. The highest BCUT2D eigenvalue weighted by Gasteiger charge is 2.49. The van der Waals surface area contributed by atoms with Crippen molar-refractivity contribution in [3.05, 3.63) is 54.1 Å². The Bertz CT molecular complexity index is 892. The molecule has 2 aromatic carbocycles. The molecule has 1 aliphatic rings. The second kappa shape index (κ2) is 8.25. The van der Waals surface area contributed by atoms with E-state index in [9.17, 15) is 14.4 Å². The summed E-state index contributed by atoms with van der Waals surface area (Å²) in [7, 11) is 0. The van der Waals surface area contributed by atoms with Crippen molar-refractivity contribution in [3.63, 3.8) is 0 Å². The third kappa shape index (κ3) is 4.57. The number of nitrogens with one attached hydrogen (secondary N) is 2. The number of carbonyl (C=O) groups excluding carboxylic acids is 3. The molecular weight excluding hydrogens is 354 g/mol. The third-order valence-electron chi connectivity index (χ3n) is 4.81. The molecule has 3 amide bonds. The average molecular weight is 379 g/mol. The zero-order valence-electron chi connectivity index (χ0n) is 16.4. The monoisotopic (exact) mass is 379 g/mol. The van der Waals surface area contributed by atoms with E-state index in [2.05, 4.69) is 10.6 Å². The molecule has 2 N–H and O–H groups in total. The van der Waals surface area contributed by atoms with Crippen molar-refractivity contribution >= 4 is 34.8 Å². The zero-order valence-corrected chi connectivity index (χ0v) is 16.4. The van der Waals surface area contributed by atoms with Crippen molar-refractivity contribution in [1.29, 1.82) is 0 Å². The Kier molecular flexibility index (Phi) is 5.78. The second-order valence-electron chi connectivity index (χ2n) is 7.12. The largest absolute Gasteiger partial charge is 0.326 e. The van der Waals surface area contributed by atoms with E-state index in [4.69, 9.17) is 0 Å². The summed E-state index contributed by atoms with van der Waals surface area (Å²) in [6.07, 6.45) is 0.566. The summed E-state index contributed by atoms with van der Waals surface area (Å²) < 4.78 is 0. The highest BCUT2D eigenvalue weighted by Crippen LogP contribution is 2.41. The van der Waals surface area contributed by atoms with E-state index in [1.807, 2.05) is 38.1 Å². The van der Waals surface area contributed by atoms with Gasteiger partial charge in [0.25, 0.3) is 0 Å². The molecule has 2 unspecified atom stereocenters. The van der Waals surface area contributed by atoms with Crippen LogP contribution in [0.1, 0.15) is 25.8 Å². The van der Waals surface area contributed by atoms with Crippen LogP contribution in [0, 0.1) is 18.8 Å². The fourth-order valence-corrected chi connectivity index (χ4v) is 3.29. The molecule has 0 aliphatic heterocycles. The lowest BCUT2D eigenvalue weighted by atomic mass is 10.2. The lowest BCUT2D eigenvalue weighted by molar-refractivity contribution is -0.123. The van der Waals surface area contributed by atoms with Gasteiger partial charge in [-0.15, -0.1) is 0 Å². The normalized spacial score (nSPS) is 17.5. The van der Waals surface area contributed by atoms with Crippen molar-refractivity contribution < 1.29 is 14.4 Å². The fraction of sp³-hybridized carbons (Fsp3) is 0.318. The van der Waals surface area contributed by atoms with Gasteiger partial charge in [0.05, 0.1) is 11.8 Å². The number of aryl methyl sites for hydroxylation is 1. The van der Waals surface area contributed by atoms with Gasteiger partial charge in [0.2, 0.25) is 17.7 Å². The number of amides is 3. The van der Waals surface area contributed by atoms with E-state index in [-0.39, 0.29) is 29.6 Å². The summed E-state index contributed by atoms with van der Waals surface area (Å²) in [5.74, 6) is -0.883. The summed E-state index contributed by atoms with van der Waals surface area (Å²) in [5, 5.41) is 5.53. The first-order valence-electron chi connectivity index (χ1n) is 9.45. The molecule has 0 radical (unpaired) electrons. The van der Waals surface area contributed by atoms with Gasteiger partial charge >= 0.3 is 0 Å². The molecule has 1 saturated carbocycles. The first-order valence-corrected chi connectivity index (χ1v) is 9.45. The van der Waals surface area contributed by atoms with Crippen LogP contribution < -0.4 is 15.5 Å². The molecule has 1 aliphatic carbocycles. The minimum absolute atomic E-state index is 0.00532. The number of anilines is 3. The van der Waals surface area contributed by atoms with Crippen molar-refractivity contribution in [2.24, 2.45) is 11.8 Å². The van der Waals surface area contributed by atoms with Gasteiger partial charge in [-0.05, 0) is 62.2 Å². The van der Waals surface area contributed by atoms with E-state index in [0.717, 1.165) is 11.3 Å². The van der Waals surface area contributed by atoms with Gasteiger partial charge in [0.1, 0.15) is 0 Å². The molecule has 0 spiro atoms. The Labute approximate surface area is 164 Å². The Morgan fingerprint density at radius 3 is 2.21 bits per heavy atom.